The number of pyridine rings is 1. The van der Waals surface area contributed by atoms with E-state index in [1.807, 2.05) is 50.2 Å². The number of aliphatic hydroxyl groups excluding tert-OH is 1. The van der Waals surface area contributed by atoms with Gasteiger partial charge in [0.15, 0.2) is 0 Å². The molecule has 0 spiro atoms. The minimum atomic E-state index is -0.597. The van der Waals surface area contributed by atoms with E-state index in [2.05, 4.69) is 20.7 Å². The lowest BCUT2D eigenvalue weighted by atomic mass is 10.0. The van der Waals surface area contributed by atoms with Gasteiger partial charge in [0.1, 0.15) is 12.1 Å². The van der Waals surface area contributed by atoms with Gasteiger partial charge in [-0.3, -0.25) is 14.6 Å². The molecule has 9 nitrogen and oxygen atoms in total. The number of hydrogen-bond donors (Lipinski definition) is 4. The van der Waals surface area contributed by atoms with Crippen LogP contribution in [0.3, 0.4) is 0 Å². The number of allylic oxidation sites excluding steroid dienone is 1. The minimum Gasteiger partial charge on any atom is -0.394 e. The molecule has 2 amide bonds. The van der Waals surface area contributed by atoms with Crippen LogP contribution in [0.4, 0.5) is 0 Å². The fourth-order valence-corrected chi connectivity index (χ4v) is 4.22. The molecule has 186 valence electrons. The molecule has 4 N–H and O–H groups in total. The zero-order valence-electron chi connectivity index (χ0n) is 20.4. The summed E-state index contributed by atoms with van der Waals surface area (Å²) in [5.41, 5.74) is 10.3. The first kappa shape index (κ1) is 26.0. The molecule has 0 aliphatic carbocycles. The van der Waals surface area contributed by atoms with Crippen molar-refractivity contribution in [3.8, 4) is 11.1 Å². The Balaban J connectivity index is 1.70. The zero-order valence-corrected chi connectivity index (χ0v) is 20.4. The van der Waals surface area contributed by atoms with Crippen molar-refractivity contribution < 1.29 is 14.7 Å². The van der Waals surface area contributed by atoms with Crippen LogP contribution >= 0.6 is 0 Å². The molecule has 1 aromatic heterocycles. The van der Waals surface area contributed by atoms with Crippen LogP contribution in [-0.2, 0) is 9.59 Å². The molecule has 1 saturated heterocycles. The molecule has 3 rings (SSSR count). The third-order valence-electron chi connectivity index (χ3n) is 6.23. The number of likely N-dealkylation sites (tertiary alicyclic amines) is 1. The van der Waals surface area contributed by atoms with Crippen LogP contribution < -0.4 is 10.6 Å². The van der Waals surface area contributed by atoms with E-state index < -0.39 is 18.1 Å². The van der Waals surface area contributed by atoms with Gasteiger partial charge < -0.3 is 20.6 Å². The van der Waals surface area contributed by atoms with Crippen LogP contribution in [0.25, 0.3) is 11.1 Å². The number of carbonyl (C=O) groups is 2. The van der Waals surface area contributed by atoms with Crippen molar-refractivity contribution in [2.75, 3.05) is 13.2 Å². The highest BCUT2D eigenvalue weighted by atomic mass is 16.3. The van der Waals surface area contributed by atoms with Gasteiger partial charge in [0.2, 0.25) is 11.8 Å². The van der Waals surface area contributed by atoms with Gasteiger partial charge in [0, 0.05) is 25.1 Å². The standard InChI is InChI=1S/C26H34N6O3/c1-17(2)24(29-14-18(3)31-27)26(35)32-13-5-7-23(32)25(34)30-22(16-33)20-10-8-19(9-11-20)21-6-4-12-28-15-21/h4,6,8-12,14-15,17,22-24,27,29,33H,5,7,13,16H2,1-3H3,(H,30,34)/b18-14-,31-27?/t22-,23-,24-/m0/s1. The normalized spacial score (nSPS) is 17.7. The molecular weight excluding hydrogens is 444 g/mol. The summed E-state index contributed by atoms with van der Waals surface area (Å²) >= 11 is 0. The summed E-state index contributed by atoms with van der Waals surface area (Å²) in [4.78, 5) is 32.3. The fourth-order valence-electron chi connectivity index (χ4n) is 4.22. The van der Waals surface area contributed by atoms with Gasteiger partial charge in [0.05, 0.1) is 18.3 Å². The van der Waals surface area contributed by atoms with E-state index in [4.69, 9.17) is 5.53 Å². The molecule has 0 bridgehead atoms. The molecular formula is C26H34N6O3. The average molecular weight is 479 g/mol. The van der Waals surface area contributed by atoms with Gasteiger partial charge in [-0.25, -0.2) is 5.53 Å². The Morgan fingerprint density at radius 2 is 2.00 bits per heavy atom. The van der Waals surface area contributed by atoms with Gasteiger partial charge in [-0.1, -0.05) is 44.2 Å². The van der Waals surface area contributed by atoms with Crippen molar-refractivity contribution in [2.24, 2.45) is 11.0 Å². The molecule has 3 atom stereocenters. The van der Waals surface area contributed by atoms with Gasteiger partial charge >= 0.3 is 0 Å². The number of aliphatic hydroxyl groups is 1. The van der Waals surface area contributed by atoms with E-state index in [1.165, 1.54) is 0 Å². The van der Waals surface area contributed by atoms with Crippen molar-refractivity contribution in [1.29, 1.82) is 5.53 Å². The van der Waals surface area contributed by atoms with Crippen LogP contribution in [0.2, 0.25) is 0 Å². The maximum absolute atomic E-state index is 13.3. The summed E-state index contributed by atoms with van der Waals surface area (Å²) < 4.78 is 0. The van der Waals surface area contributed by atoms with Crippen molar-refractivity contribution in [3.05, 3.63) is 66.3 Å². The monoisotopic (exact) mass is 478 g/mol. The SMILES string of the molecule is C/C(=C/N[C@H](C(=O)N1CCC[C@H]1C(=O)N[C@@H](CO)c1ccc(-c2cccnc2)cc1)C(C)C)N=N. The number of hydrogen-bond acceptors (Lipinski definition) is 7. The fraction of sp³-hybridized carbons (Fsp3) is 0.423. The highest BCUT2D eigenvalue weighted by molar-refractivity contribution is 5.90. The van der Waals surface area contributed by atoms with E-state index in [-0.39, 0.29) is 24.3 Å². The first-order chi connectivity index (χ1) is 16.8. The predicted molar refractivity (Wildman–Crippen MR) is 133 cm³/mol. The van der Waals surface area contributed by atoms with Crippen LogP contribution in [0.15, 0.2) is 65.8 Å². The summed E-state index contributed by atoms with van der Waals surface area (Å²) in [5.74, 6) is -0.459. The van der Waals surface area contributed by atoms with Crippen molar-refractivity contribution in [3.63, 3.8) is 0 Å². The third-order valence-corrected chi connectivity index (χ3v) is 6.23. The molecule has 2 aromatic rings. The first-order valence-corrected chi connectivity index (χ1v) is 11.9. The molecule has 1 aliphatic rings. The Labute approximate surface area is 206 Å². The number of nitrogens with one attached hydrogen (secondary N) is 3. The number of amides is 2. The predicted octanol–water partition coefficient (Wildman–Crippen LogP) is 3.40. The number of carbonyl (C=O) groups excluding carboxylic acids is 2. The number of benzene rings is 1. The topological polar surface area (TPSA) is 131 Å². The lowest BCUT2D eigenvalue weighted by Crippen LogP contribution is -2.53. The molecule has 1 aromatic carbocycles. The van der Waals surface area contributed by atoms with Gasteiger partial charge in [-0.2, -0.15) is 5.11 Å². The molecule has 9 heteroatoms. The van der Waals surface area contributed by atoms with Crippen LogP contribution in [0.5, 0.6) is 0 Å². The largest absolute Gasteiger partial charge is 0.394 e. The Hall–Kier alpha value is -3.59. The van der Waals surface area contributed by atoms with Crippen molar-refractivity contribution in [1.82, 2.24) is 20.5 Å². The third kappa shape index (κ3) is 6.51. The number of nitrogens with zero attached hydrogens (tertiary/aromatic N) is 3. The molecule has 1 aliphatic heterocycles. The molecule has 2 heterocycles. The van der Waals surface area contributed by atoms with Gasteiger partial charge in [-0.15, -0.1) is 0 Å². The van der Waals surface area contributed by atoms with Crippen molar-refractivity contribution >= 4 is 11.8 Å². The summed E-state index contributed by atoms with van der Waals surface area (Å²) in [5, 5.41) is 19.3. The summed E-state index contributed by atoms with van der Waals surface area (Å²) in [7, 11) is 0. The summed E-state index contributed by atoms with van der Waals surface area (Å²) in [6, 6.07) is 9.76. The maximum Gasteiger partial charge on any atom is 0.245 e. The lowest BCUT2D eigenvalue weighted by molar-refractivity contribution is -0.141. The second kappa shape index (κ2) is 12.2. The highest BCUT2D eigenvalue weighted by Gasteiger charge is 2.38. The molecule has 0 radical (unpaired) electrons. The Morgan fingerprint density at radius 3 is 2.60 bits per heavy atom. The molecule has 0 unspecified atom stereocenters. The zero-order chi connectivity index (χ0) is 25.4. The van der Waals surface area contributed by atoms with E-state index in [9.17, 15) is 14.7 Å². The quantitative estimate of drug-likeness (QED) is 0.389. The molecule has 1 fully saturated rings. The number of rotatable bonds is 10. The summed E-state index contributed by atoms with van der Waals surface area (Å²) in [6.45, 7) is 5.77. The molecule has 35 heavy (non-hydrogen) atoms. The van der Waals surface area contributed by atoms with Gasteiger partial charge in [0.25, 0.3) is 0 Å². The average Bonchev–Trinajstić information content (AvgIpc) is 3.37. The first-order valence-electron chi connectivity index (χ1n) is 11.9. The summed E-state index contributed by atoms with van der Waals surface area (Å²) in [6.07, 6.45) is 6.35. The van der Waals surface area contributed by atoms with Crippen LogP contribution in [-0.4, -0.2) is 52.0 Å². The van der Waals surface area contributed by atoms with Crippen LogP contribution in [0, 0.1) is 11.4 Å². The maximum atomic E-state index is 13.3. The smallest absolute Gasteiger partial charge is 0.245 e. The van der Waals surface area contributed by atoms with E-state index in [0.29, 0.717) is 18.7 Å². The number of aromatic nitrogens is 1. The second-order valence-electron chi connectivity index (χ2n) is 9.08. The second-order valence-corrected chi connectivity index (χ2v) is 9.08. The van der Waals surface area contributed by atoms with Crippen LogP contribution in [0.1, 0.15) is 45.2 Å². The Bertz CT molecular complexity index is 1040. The van der Waals surface area contributed by atoms with Crippen molar-refractivity contribution in [2.45, 2.75) is 51.7 Å². The Kier molecular flexibility index (Phi) is 9.08. The lowest BCUT2D eigenvalue weighted by Gasteiger charge is -2.31. The van der Waals surface area contributed by atoms with E-state index in [1.54, 1.807) is 30.4 Å². The van der Waals surface area contributed by atoms with Gasteiger partial charge in [-0.05, 0) is 48.4 Å². The molecule has 0 saturated carbocycles. The minimum absolute atomic E-state index is 0.0230. The van der Waals surface area contributed by atoms with E-state index in [0.717, 1.165) is 23.1 Å². The highest BCUT2D eigenvalue weighted by Crippen LogP contribution is 2.24. The Morgan fingerprint density at radius 1 is 1.26 bits per heavy atom. The van der Waals surface area contributed by atoms with E-state index >= 15 is 0 Å².